The van der Waals surface area contributed by atoms with Crippen molar-refractivity contribution in [3.8, 4) is 0 Å². The van der Waals surface area contributed by atoms with E-state index in [4.69, 9.17) is 24.8 Å². The molecule has 4 N–H and O–H groups in total. The number of nitrogens with two attached hydrogens (primary N) is 1. The minimum Gasteiger partial charge on any atom is -0.480 e. The Kier molecular flexibility index (Phi) is 35.9. The molecule has 0 aliphatic rings. The van der Waals surface area contributed by atoms with E-state index in [1.165, 1.54) is 103 Å². The minimum atomic E-state index is -4.71. The third kappa shape index (κ3) is 36.9. The van der Waals surface area contributed by atoms with Crippen LogP contribution in [-0.4, -0.2) is 59.9 Å². The Morgan fingerprint density at radius 1 is 0.566 bits per heavy atom. The molecule has 0 radical (unpaired) electrons. The van der Waals surface area contributed by atoms with Crippen LogP contribution in [0.2, 0.25) is 0 Å². The lowest BCUT2D eigenvalue weighted by atomic mass is 10.0. The van der Waals surface area contributed by atoms with E-state index >= 15 is 0 Å². The molecule has 0 fully saturated rings. The number of carboxylic acid groups (broad SMARTS) is 1. The molecule has 0 aromatic heterocycles. The predicted octanol–water partition coefficient (Wildman–Crippen LogP) is 10.9. The topological polar surface area (TPSA) is 172 Å². The summed E-state index contributed by atoms with van der Waals surface area (Å²) < 4.78 is 32.6. The first-order chi connectivity index (χ1) is 25.6. The van der Waals surface area contributed by atoms with Gasteiger partial charge >= 0.3 is 25.7 Å². The van der Waals surface area contributed by atoms with Crippen molar-refractivity contribution in [2.45, 2.75) is 212 Å². The van der Waals surface area contributed by atoms with Crippen molar-refractivity contribution >= 4 is 25.7 Å². The van der Waals surface area contributed by atoms with Gasteiger partial charge in [-0.1, -0.05) is 161 Å². The van der Waals surface area contributed by atoms with Gasteiger partial charge in [0.15, 0.2) is 6.10 Å². The van der Waals surface area contributed by atoms with Crippen molar-refractivity contribution in [2.75, 3.05) is 19.8 Å². The zero-order valence-corrected chi connectivity index (χ0v) is 34.5. The number of allylic oxidation sites excluding steroid dienone is 2. The van der Waals surface area contributed by atoms with Gasteiger partial charge in [-0.25, -0.2) is 4.57 Å². The number of phosphoric acid groups is 1. The minimum absolute atomic E-state index is 0.165. The number of carbonyl (C=O) groups excluding carboxylic acids is 2. The Balaban J connectivity index is 4.36. The lowest BCUT2D eigenvalue weighted by Crippen LogP contribution is -2.34. The number of rotatable bonds is 40. The number of hydrogen-bond donors (Lipinski definition) is 3. The average Bonchev–Trinajstić information content (AvgIpc) is 3.13. The third-order valence-corrected chi connectivity index (χ3v) is 10.2. The molecule has 0 amide bonds. The lowest BCUT2D eigenvalue weighted by Gasteiger charge is -2.20. The zero-order chi connectivity index (χ0) is 39.3. The molecular formula is C41H78NO10P. The van der Waals surface area contributed by atoms with E-state index in [1.807, 2.05) is 0 Å². The first-order valence-electron chi connectivity index (χ1n) is 21.2. The molecule has 11 nitrogen and oxygen atoms in total. The molecule has 0 spiro atoms. The summed E-state index contributed by atoms with van der Waals surface area (Å²) in [7, 11) is -4.71. The fourth-order valence-electron chi connectivity index (χ4n) is 5.88. The second-order valence-corrected chi connectivity index (χ2v) is 15.9. The maximum absolute atomic E-state index is 12.6. The van der Waals surface area contributed by atoms with Crippen molar-refractivity contribution in [1.29, 1.82) is 0 Å². The van der Waals surface area contributed by atoms with E-state index in [2.05, 4.69) is 30.5 Å². The van der Waals surface area contributed by atoms with Gasteiger partial charge in [0.25, 0.3) is 0 Å². The first kappa shape index (κ1) is 51.2. The molecule has 0 aliphatic carbocycles. The van der Waals surface area contributed by atoms with Crippen LogP contribution in [0, 0.1) is 0 Å². The monoisotopic (exact) mass is 776 g/mol. The van der Waals surface area contributed by atoms with E-state index in [0.29, 0.717) is 12.8 Å². The van der Waals surface area contributed by atoms with E-state index in [9.17, 15) is 23.8 Å². The smallest absolute Gasteiger partial charge is 0.472 e. The van der Waals surface area contributed by atoms with Gasteiger partial charge in [-0.2, -0.15) is 0 Å². The van der Waals surface area contributed by atoms with Gasteiger partial charge < -0.3 is 25.2 Å². The molecule has 0 bridgehead atoms. The molecule has 0 aromatic carbocycles. The first-order valence-corrected chi connectivity index (χ1v) is 22.7. The average molecular weight is 776 g/mol. The quantitative estimate of drug-likeness (QED) is 0.0234. The van der Waals surface area contributed by atoms with Crippen LogP contribution >= 0.6 is 7.82 Å². The number of ether oxygens (including phenoxy) is 2. The molecule has 1 unspecified atom stereocenters. The summed E-state index contributed by atoms with van der Waals surface area (Å²) in [6.07, 6.45) is 35.6. The van der Waals surface area contributed by atoms with Gasteiger partial charge in [-0.05, 0) is 38.5 Å². The number of carboxylic acids is 1. The van der Waals surface area contributed by atoms with Crippen LogP contribution in [0.4, 0.5) is 0 Å². The normalized spacial score (nSPS) is 13.9. The number of hydrogen-bond acceptors (Lipinski definition) is 9. The Morgan fingerprint density at radius 3 is 1.38 bits per heavy atom. The molecule has 0 saturated carbocycles. The molecule has 0 heterocycles. The lowest BCUT2D eigenvalue weighted by molar-refractivity contribution is -0.161. The number of carbonyl (C=O) groups is 3. The van der Waals surface area contributed by atoms with Crippen molar-refractivity contribution < 1.29 is 47.5 Å². The fraction of sp³-hybridized carbons (Fsp3) is 0.878. The van der Waals surface area contributed by atoms with Crippen LogP contribution in [0.15, 0.2) is 12.2 Å². The van der Waals surface area contributed by atoms with Gasteiger partial charge in [0.2, 0.25) is 0 Å². The van der Waals surface area contributed by atoms with Gasteiger partial charge in [0, 0.05) is 12.8 Å². The van der Waals surface area contributed by atoms with Crippen molar-refractivity contribution in [3.05, 3.63) is 12.2 Å². The maximum atomic E-state index is 12.6. The van der Waals surface area contributed by atoms with Gasteiger partial charge in [0.05, 0.1) is 13.2 Å². The molecule has 53 heavy (non-hydrogen) atoms. The van der Waals surface area contributed by atoms with Gasteiger partial charge in [-0.3, -0.25) is 23.4 Å². The molecule has 12 heteroatoms. The van der Waals surface area contributed by atoms with Crippen molar-refractivity contribution in [2.24, 2.45) is 5.73 Å². The summed E-state index contributed by atoms with van der Waals surface area (Å²) >= 11 is 0. The standard InChI is InChI=1S/C41H78NO10P/c1-3-5-7-9-11-13-15-17-18-19-21-22-24-26-28-30-32-39(43)49-34-37(35-50-53(47,48)51-36-38(42)41(45)46)52-40(44)33-31-29-27-25-23-20-16-14-12-10-8-6-4-2/h18-19,37-38H,3-17,20-36,42H2,1-2H3,(H,45,46)(H,47,48)/b19-18-/t37-,38+/m1/s1. The van der Waals surface area contributed by atoms with Crippen molar-refractivity contribution in [3.63, 3.8) is 0 Å². The number of unbranched alkanes of at least 4 members (excludes halogenated alkanes) is 24. The Bertz CT molecular complexity index is 963. The molecule has 0 saturated heterocycles. The number of esters is 2. The summed E-state index contributed by atoms with van der Waals surface area (Å²) in [5.41, 5.74) is 5.33. The van der Waals surface area contributed by atoms with Crippen LogP contribution in [0.5, 0.6) is 0 Å². The number of aliphatic carboxylic acids is 1. The molecule has 0 aromatic rings. The highest BCUT2D eigenvalue weighted by Crippen LogP contribution is 2.43. The van der Waals surface area contributed by atoms with E-state index in [1.54, 1.807) is 0 Å². The Morgan fingerprint density at radius 2 is 0.943 bits per heavy atom. The molecule has 3 atom stereocenters. The summed E-state index contributed by atoms with van der Waals surface area (Å²) in [6.45, 7) is 2.80. The fourth-order valence-corrected chi connectivity index (χ4v) is 6.66. The Labute approximate surface area is 322 Å². The second-order valence-electron chi connectivity index (χ2n) is 14.5. The SMILES string of the molecule is CCCCCCCCC/C=C\CCCCCCCC(=O)OC[C@H](COP(=O)(O)OC[C@H](N)C(=O)O)OC(=O)CCCCCCCCCCCCCCC. The number of phosphoric ester groups is 1. The van der Waals surface area contributed by atoms with Crippen molar-refractivity contribution in [1.82, 2.24) is 0 Å². The summed E-state index contributed by atoms with van der Waals surface area (Å²) in [5, 5.41) is 8.87. The zero-order valence-electron chi connectivity index (χ0n) is 33.6. The molecular weight excluding hydrogens is 697 g/mol. The van der Waals surface area contributed by atoms with Crippen LogP contribution < -0.4 is 5.73 Å². The van der Waals surface area contributed by atoms with E-state index in [0.717, 1.165) is 57.8 Å². The summed E-state index contributed by atoms with van der Waals surface area (Å²) in [4.78, 5) is 45.9. The summed E-state index contributed by atoms with van der Waals surface area (Å²) in [6, 6.07) is -1.52. The van der Waals surface area contributed by atoms with E-state index < -0.39 is 51.1 Å². The highest BCUT2D eigenvalue weighted by molar-refractivity contribution is 7.47. The maximum Gasteiger partial charge on any atom is 0.472 e. The van der Waals surface area contributed by atoms with Gasteiger partial charge in [0.1, 0.15) is 12.6 Å². The molecule has 312 valence electrons. The highest BCUT2D eigenvalue weighted by atomic mass is 31.2. The molecule has 0 aliphatic heterocycles. The van der Waals surface area contributed by atoms with Crippen LogP contribution in [0.3, 0.4) is 0 Å². The largest absolute Gasteiger partial charge is 0.480 e. The van der Waals surface area contributed by atoms with E-state index in [-0.39, 0.29) is 19.4 Å². The predicted molar refractivity (Wildman–Crippen MR) is 213 cm³/mol. The molecule has 0 rings (SSSR count). The third-order valence-electron chi connectivity index (χ3n) is 9.26. The highest BCUT2D eigenvalue weighted by Gasteiger charge is 2.28. The van der Waals surface area contributed by atoms with Gasteiger partial charge in [-0.15, -0.1) is 0 Å². The second kappa shape index (κ2) is 37.2. The Hall–Kier alpha value is -1.78. The van der Waals surface area contributed by atoms with Crippen LogP contribution in [0.25, 0.3) is 0 Å². The summed E-state index contributed by atoms with van der Waals surface area (Å²) in [5.74, 6) is -2.38. The van der Waals surface area contributed by atoms with Crippen LogP contribution in [-0.2, 0) is 37.5 Å². The van der Waals surface area contributed by atoms with Crippen LogP contribution in [0.1, 0.15) is 200 Å².